The van der Waals surface area contributed by atoms with E-state index in [-0.39, 0.29) is 17.3 Å². The predicted octanol–water partition coefficient (Wildman–Crippen LogP) is 3.65. The first-order chi connectivity index (χ1) is 15.9. The monoisotopic (exact) mass is 462 g/mol. The van der Waals surface area contributed by atoms with Crippen molar-refractivity contribution >= 4 is 22.2 Å². The first-order valence-corrected chi connectivity index (χ1v) is 12.3. The topological polar surface area (TPSA) is 104 Å². The van der Waals surface area contributed by atoms with E-state index in [2.05, 4.69) is 15.0 Å². The molecular formula is C25H26N4O3S. The number of rotatable bonds is 7. The Morgan fingerprint density at radius 3 is 2.58 bits per heavy atom. The molecule has 0 fully saturated rings. The van der Waals surface area contributed by atoms with Gasteiger partial charge in [-0.2, -0.15) is 9.97 Å². The Balaban J connectivity index is 1.86. The van der Waals surface area contributed by atoms with Gasteiger partial charge in [0.1, 0.15) is 6.26 Å². The normalized spacial score (nSPS) is 12.3. The number of benzene rings is 1. The number of aryl methyl sites for hydroxylation is 3. The number of aliphatic hydroxyl groups is 1. The molecule has 1 aromatic carbocycles. The van der Waals surface area contributed by atoms with Crippen LogP contribution in [0.4, 0.5) is 0 Å². The van der Waals surface area contributed by atoms with Gasteiger partial charge in [0.15, 0.2) is 5.65 Å². The number of pyridine rings is 2. The van der Waals surface area contributed by atoms with Gasteiger partial charge in [0.25, 0.3) is 5.56 Å². The zero-order chi connectivity index (χ0) is 23.5. The standard InChI is InChI=1S/C25H26N4O3S/c1-16-13-18(22-8-6-7-17(2)27-22)9-10-20(16)21-14-19-15-26-25(33(3)32)28-23(19)29(24(21)31)11-4-5-12-30/h6-10,13-15,30H,4-5,11-12H2,1-3H3. The van der Waals surface area contributed by atoms with Gasteiger partial charge in [-0.3, -0.25) is 14.3 Å². The summed E-state index contributed by atoms with van der Waals surface area (Å²) in [6.07, 6.45) is 4.33. The zero-order valence-corrected chi connectivity index (χ0v) is 19.7. The average Bonchev–Trinajstić information content (AvgIpc) is 2.80. The summed E-state index contributed by atoms with van der Waals surface area (Å²) in [6, 6.07) is 13.7. The van der Waals surface area contributed by atoms with Crippen LogP contribution in [0.25, 0.3) is 33.4 Å². The molecular weight excluding hydrogens is 436 g/mol. The van der Waals surface area contributed by atoms with Crippen LogP contribution in [0, 0.1) is 13.8 Å². The highest BCUT2D eigenvalue weighted by molar-refractivity contribution is 7.90. The lowest BCUT2D eigenvalue weighted by Gasteiger charge is -2.14. The Hall–Kier alpha value is -3.07. The largest absolute Gasteiger partial charge is 0.609 e. The molecule has 8 heteroatoms. The summed E-state index contributed by atoms with van der Waals surface area (Å²) < 4.78 is 13.5. The number of nitrogens with zero attached hydrogens (tertiary/aromatic N) is 4. The first kappa shape index (κ1) is 23.1. The lowest BCUT2D eigenvalue weighted by atomic mass is 9.97. The molecule has 33 heavy (non-hydrogen) atoms. The van der Waals surface area contributed by atoms with Crippen LogP contribution >= 0.6 is 0 Å². The Morgan fingerprint density at radius 2 is 1.88 bits per heavy atom. The first-order valence-electron chi connectivity index (χ1n) is 10.8. The molecule has 0 aliphatic heterocycles. The molecule has 0 aliphatic rings. The number of aromatic nitrogens is 4. The van der Waals surface area contributed by atoms with E-state index in [0.29, 0.717) is 36.0 Å². The van der Waals surface area contributed by atoms with Crippen LogP contribution in [-0.4, -0.2) is 42.0 Å². The van der Waals surface area contributed by atoms with Crippen molar-refractivity contribution in [2.24, 2.45) is 0 Å². The van der Waals surface area contributed by atoms with Gasteiger partial charge in [-0.05, 0) is 62.1 Å². The summed E-state index contributed by atoms with van der Waals surface area (Å²) >= 11 is -1.36. The molecule has 4 aromatic rings. The van der Waals surface area contributed by atoms with Crippen LogP contribution < -0.4 is 5.56 Å². The lowest BCUT2D eigenvalue weighted by molar-refractivity contribution is 0.281. The van der Waals surface area contributed by atoms with Gasteiger partial charge in [-0.15, -0.1) is 0 Å². The van der Waals surface area contributed by atoms with E-state index in [0.717, 1.165) is 28.1 Å². The molecule has 0 amide bonds. The van der Waals surface area contributed by atoms with Gasteiger partial charge in [0.2, 0.25) is 0 Å². The number of fused-ring (bicyclic) bond motifs is 1. The second kappa shape index (κ2) is 9.82. The highest BCUT2D eigenvalue weighted by atomic mass is 32.2. The van der Waals surface area contributed by atoms with Gasteiger partial charge in [-0.25, -0.2) is 0 Å². The van der Waals surface area contributed by atoms with Crippen LogP contribution in [0.2, 0.25) is 0 Å². The summed E-state index contributed by atoms with van der Waals surface area (Å²) in [5, 5.41) is 10.1. The molecule has 0 radical (unpaired) electrons. The Morgan fingerprint density at radius 1 is 1.06 bits per heavy atom. The van der Waals surface area contributed by atoms with Crippen molar-refractivity contribution in [3.05, 3.63) is 70.3 Å². The molecule has 0 aliphatic carbocycles. The van der Waals surface area contributed by atoms with E-state index in [1.54, 1.807) is 16.8 Å². The van der Waals surface area contributed by atoms with Gasteiger partial charge in [-0.1, -0.05) is 18.2 Å². The molecule has 0 saturated heterocycles. The average molecular weight is 463 g/mol. The third-order valence-corrected chi connectivity index (χ3v) is 6.26. The number of hydrogen-bond acceptors (Lipinski definition) is 6. The van der Waals surface area contributed by atoms with Crippen LogP contribution in [0.3, 0.4) is 0 Å². The molecule has 0 spiro atoms. The van der Waals surface area contributed by atoms with E-state index in [1.165, 1.54) is 6.26 Å². The molecule has 0 bridgehead atoms. The minimum atomic E-state index is -1.36. The highest BCUT2D eigenvalue weighted by Crippen LogP contribution is 2.28. The van der Waals surface area contributed by atoms with Gasteiger partial charge >= 0.3 is 5.16 Å². The molecule has 3 heterocycles. The maximum Gasteiger partial charge on any atom is 0.344 e. The smallest absolute Gasteiger partial charge is 0.344 e. The van der Waals surface area contributed by atoms with E-state index >= 15 is 0 Å². The van der Waals surface area contributed by atoms with E-state index in [9.17, 15) is 14.5 Å². The Kier molecular flexibility index (Phi) is 6.88. The van der Waals surface area contributed by atoms with Crippen LogP contribution in [0.1, 0.15) is 24.1 Å². The van der Waals surface area contributed by atoms with Gasteiger partial charge < -0.3 is 9.66 Å². The van der Waals surface area contributed by atoms with Crippen molar-refractivity contribution in [1.82, 2.24) is 19.5 Å². The van der Waals surface area contributed by atoms with Crippen molar-refractivity contribution in [3.63, 3.8) is 0 Å². The summed E-state index contributed by atoms with van der Waals surface area (Å²) in [7, 11) is 0. The Labute approximate surface area is 195 Å². The maximum atomic E-state index is 13.6. The molecule has 1 atom stereocenters. The molecule has 7 nitrogen and oxygen atoms in total. The molecule has 1 unspecified atom stereocenters. The molecule has 3 aromatic heterocycles. The summed E-state index contributed by atoms with van der Waals surface area (Å²) in [5.41, 5.74) is 5.46. The van der Waals surface area contributed by atoms with Crippen LogP contribution in [0.5, 0.6) is 0 Å². The van der Waals surface area contributed by atoms with Crippen LogP contribution in [0.15, 0.2) is 58.6 Å². The lowest BCUT2D eigenvalue weighted by Crippen LogP contribution is -2.24. The quantitative estimate of drug-likeness (QED) is 0.255. The van der Waals surface area contributed by atoms with Crippen LogP contribution in [-0.2, 0) is 17.7 Å². The predicted molar refractivity (Wildman–Crippen MR) is 131 cm³/mol. The van der Waals surface area contributed by atoms with Gasteiger partial charge in [0.05, 0.1) is 5.69 Å². The molecule has 4 rings (SSSR count). The third-order valence-electron chi connectivity index (χ3n) is 5.55. The zero-order valence-electron chi connectivity index (χ0n) is 18.9. The minimum Gasteiger partial charge on any atom is -0.609 e. The van der Waals surface area contributed by atoms with Gasteiger partial charge in [0, 0.05) is 52.7 Å². The van der Waals surface area contributed by atoms with Crippen molar-refractivity contribution in [1.29, 1.82) is 0 Å². The van der Waals surface area contributed by atoms with Crippen molar-refractivity contribution in [2.75, 3.05) is 12.9 Å². The fraction of sp³-hybridized carbons (Fsp3) is 0.280. The second-order valence-electron chi connectivity index (χ2n) is 8.03. The third kappa shape index (κ3) is 4.83. The summed E-state index contributed by atoms with van der Waals surface area (Å²) in [6.45, 7) is 4.40. The molecule has 170 valence electrons. The van der Waals surface area contributed by atoms with E-state index < -0.39 is 11.2 Å². The molecule has 0 saturated carbocycles. The van der Waals surface area contributed by atoms with Crippen molar-refractivity contribution in [2.45, 2.75) is 38.4 Å². The fourth-order valence-corrected chi connectivity index (χ4v) is 4.31. The number of aliphatic hydroxyl groups excluding tert-OH is 1. The SMILES string of the molecule is Cc1cccc(-c2ccc(-c3cc4cnc([S+](C)[O-])nc4n(CCCCO)c3=O)c(C)c2)n1. The van der Waals surface area contributed by atoms with E-state index in [1.807, 2.05) is 50.2 Å². The summed E-state index contributed by atoms with van der Waals surface area (Å²) in [4.78, 5) is 26.8. The Bertz CT molecular complexity index is 1370. The number of unbranched alkanes of at least 4 members (excludes halogenated alkanes) is 1. The minimum absolute atomic E-state index is 0.0547. The van der Waals surface area contributed by atoms with E-state index in [4.69, 9.17) is 0 Å². The maximum absolute atomic E-state index is 13.6. The number of hydrogen-bond donors (Lipinski definition) is 1. The highest BCUT2D eigenvalue weighted by Gasteiger charge is 2.17. The molecule has 1 N–H and O–H groups in total. The van der Waals surface area contributed by atoms with Crippen molar-refractivity contribution < 1.29 is 9.66 Å². The summed E-state index contributed by atoms with van der Waals surface area (Å²) in [5.74, 6) is 0. The second-order valence-corrected chi connectivity index (χ2v) is 9.30. The fourth-order valence-electron chi connectivity index (χ4n) is 3.89. The van der Waals surface area contributed by atoms with Crippen molar-refractivity contribution in [3.8, 4) is 22.4 Å².